The predicted molar refractivity (Wildman–Crippen MR) is 88.8 cm³/mol. The summed E-state index contributed by atoms with van der Waals surface area (Å²) in [5.41, 5.74) is 6.23. The Hall–Kier alpha value is -1.47. The molecule has 1 nitrogen and oxygen atoms in total. The van der Waals surface area contributed by atoms with E-state index >= 15 is 0 Å². The first-order chi connectivity index (χ1) is 9.51. The van der Waals surface area contributed by atoms with Gasteiger partial charge in [0.1, 0.15) is 0 Å². The van der Waals surface area contributed by atoms with Gasteiger partial charge in [-0.2, -0.15) is 0 Å². The highest BCUT2D eigenvalue weighted by atomic mass is 35.5. The third-order valence-corrected chi connectivity index (χ3v) is 4.26. The Kier molecular flexibility index (Phi) is 4.72. The molecule has 0 aliphatic heterocycles. The molecular weight excluding hydrogens is 266 g/mol. The number of rotatable bonds is 4. The van der Waals surface area contributed by atoms with Crippen LogP contribution in [0.25, 0.3) is 0 Å². The zero-order valence-corrected chi connectivity index (χ0v) is 13.4. The summed E-state index contributed by atoms with van der Waals surface area (Å²) in [7, 11) is 0. The van der Waals surface area contributed by atoms with Crippen LogP contribution < -0.4 is 5.32 Å². The summed E-state index contributed by atoms with van der Waals surface area (Å²) >= 11 is 6.11. The Morgan fingerprint density at radius 3 is 2.30 bits per heavy atom. The summed E-state index contributed by atoms with van der Waals surface area (Å²) in [6, 6.07) is 13.1. The molecule has 0 saturated carbocycles. The first-order valence-electron chi connectivity index (χ1n) is 7.11. The molecule has 2 heteroatoms. The van der Waals surface area contributed by atoms with Crippen molar-refractivity contribution in [2.45, 2.75) is 40.2 Å². The fraction of sp³-hybridized carbons (Fsp3) is 0.333. The van der Waals surface area contributed by atoms with E-state index in [0.717, 1.165) is 17.0 Å². The lowest BCUT2D eigenvalue weighted by Crippen LogP contribution is -2.10. The molecule has 1 atom stereocenters. The molecule has 0 amide bonds. The molecule has 0 bridgehead atoms. The highest BCUT2D eigenvalue weighted by molar-refractivity contribution is 6.31. The van der Waals surface area contributed by atoms with Crippen molar-refractivity contribution < 1.29 is 0 Å². The van der Waals surface area contributed by atoms with Crippen LogP contribution in [0.5, 0.6) is 0 Å². The van der Waals surface area contributed by atoms with Gasteiger partial charge < -0.3 is 5.32 Å². The summed E-state index contributed by atoms with van der Waals surface area (Å²) < 4.78 is 0. The SMILES string of the molecule is CCC(Nc1ccc(C)c(C)c1)c1ccc(Cl)c(C)c1. The number of anilines is 1. The van der Waals surface area contributed by atoms with Crippen molar-refractivity contribution in [1.29, 1.82) is 0 Å². The fourth-order valence-corrected chi connectivity index (χ4v) is 2.46. The van der Waals surface area contributed by atoms with Gasteiger partial charge in [-0.15, -0.1) is 0 Å². The van der Waals surface area contributed by atoms with Crippen LogP contribution in [-0.2, 0) is 0 Å². The van der Waals surface area contributed by atoms with E-state index in [9.17, 15) is 0 Å². The van der Waals surface area contributed by atoms with Gasteiger partial charge in [0.15, 0.2) is 0 Å². The number of nitrogens with one attached hydrogen (secondary N) is 1. The van der Waals surface area contributed by atoms with Crippen LogP contribution in [0.1, 0.15) is 41.6 Å². The molecule has 0 spiro atoms. The van der Waals surface area contributed by atoms with Gasteiger partial charge in [0, 0.05) is 10.7 Å². The minimum absolute atomic E-state index is 0.313. The molecule has 1 unspecified atom stereocenters. The molecule has 20 heavy (non-hydrogen) atoms. The maximum Gasteiger partial charge on any atom is 0.0511 e. The van der Waals surface area contributed by atoms with Crippen LogP contribution in [0.15, 0.2) is 36.4 Å². The smallest absolute Gasteiger partial charge is 0.0511 e. The average molecular weight is 288 g/mol. The number of benzene rings is 2. The summed E-state index contributed by atoms with van der Waals surface area (Å²) in [6.07, 6.45) is 1.04. The van der Waals surface area contributed by atoms with E-state index in [1.807, 2.05) is 6.07 Å². The second-order valence-electron chi connectivity index (χ2n) is 5.41. The van der Waals surface area contributed by atoms with Gasteiger partial charge in [-0.1, -0.05) is 36.7 Å². The lowest BCUT2D eigenvalue weighted by atomic mass is 10.0. The Balaban J connectivity index is 2.23. The second-order valence-corrected chi connectivity index (χ2v) is 5.82. The lowest BCUT2D eigenvalue weighted by Gasteiger charge is -2.20. The van der Waals surface area contributed by atoms with Crippen LogP contribution >= 0.6 is 11.6 Å². The monoisotopic (exact) mass is 287 g/mol. The number of halogens is 1. The summed E-state index contributed by atoms with van der Waals surface area (Å²) in [5, 5.41) is 4.45. The van der Waals surface area contributed by atoms with E-state index < -0.39 is 0 Å². The molecule has 0 heterocycles. The molecule has 0 aromatic heterocycles. The van der Waals surface area contributed by atoms with E-state index in [0.29, 0.717) is 6.04 Å². The number of hydrogen-bond donors (Lipinski definition) is 1. The van der Waals surface area contributed by atoms with Crippen molar-refractivity contribution in [2.24, 2.45) is 0 Å². The van der Waals surface area contributed by atoms with Crippen LogP contribution in [0, 0.1) is 20.8 Å². The molecule has 2 aromatic rings. The second kappa shape index (κ2) is 6.32. The topological polar surface area (TPSA) is 12.0 Å². The Bertz CT molecular complexity index is 604. The van der Waals surface area contributed by atoms with E-state index in [1.165, 1.54) is 22.4 Å². The minimum atomic E-state index is 0.313. The highest BCUT2D eigenvalue weighted by Crippen LogP contribution is 2.26. The van der Waals surface area contributed by atoms with Gasteiger partial charge in [-0.25, -0.2) is 0 Å². The van der Waals surface area contributed by atoms with E-state index in [1.54, 1.807) is 0 Å². The highest BCUT2D eigenvalue weighted by Gasteiger charge is 2.10. The maximum atomic E-state index is 6.11. The largest absolute Gasteiger partial charge is 0.378 e. The summed E-state index contributed by atoms with van der Waals surface area (Å²) in [5.74, 6) is 0. The molecule has 2 rings (SSSR count). The van der Waals surface area contributed by atoms with Crippen molar-refractivity contribution in [1.82, 2.24) is 0 Å². The van der Waals surface area contributed by atoms with Crippen LogP contribution in [0.3, 0.4) is 0 Å². The molecule has 0 radical (unpaired) electrons. The van der Waals surface area contributed by atoms with Crippen LogP contribution in [-0.4, -0.2) is 0 Å². The zero-order valence-electron chi connectivity index (χ0n) is 12.6. The molecular formula is C18H22ClN. The standard InChI is InChI=1S/C18H22ClN/c1-5-18(15-7-9-17(19)14(4)10-15)20-16-8-6-12(2)13(3)11-16/h6-11,18,20H,5H2,1-4H3. The first-order valence-corrected chi connectivity index (χ1v) is 7.49. The molecule has 106 valence electrons. The van der Waals surface area contributed by atoms with Crippen molar-refractivity contribution in [2.75, 3.05) is 5.32 Å². The van der Waals surface area contributed by atoms with Gasteiger partial charge >= 0.3 is 0 Å². The molecule has 0 saturated heterocycles. The van der Waals surface area contributed by atoms with Gasteiger partial charge in [0.05, 0.1) is 6.04 Å². The Morgan fingerprint density at radius 1 is 0.950 bits per heavy atom. The van der Waals surface area contributed by atoms with Gasteiger partial charge in [0.25, 0.3) is 0 Å². The van der Waals surface area contributed by atoms with Gasteiger partial charge in [0.2, 0.25) is 0 Å². The Morgan fingerprint density at radius 2 is 1.70 bits per heavy atom. The van der Waals surface area contributed by atoms with Crippen LogP contribution in [0.4, 0.5) is 5.69 Å². The third kappa shape index (κ3) is 3.34. The molecule has 0 aliphatic rings. The van der Waals surface area contributed by atoms with Crippen molar-refractivity contribution in [3.63, 3.8) is 0 Å². The van der Waals surface area contributed by atoms with Gasteiger partial charge in [-0.3, -0.25) is 0 Å². The van der Waals surface area contributed by atoms with E-state index in [2.05, 4.69) is 63.3 Å². The number of aryl methyl sites for hydroxylation is 3. The molecule has 0 aliphatic carbocycles. The zero-order chi connectivity index (χ0) is 14.7. The quantitative estimate of drug-likeness (QED) is 0.746. The first kappa shape index (κ1) is 14.9. The average Bonchev–Trinajstić information content (AvgIpc) is 2.43. The van der Waals surface area contributed by atoms with E-state index in [-0.39, 0.29) is 0 Å². The lowest BCUT2D eigenvalue weighted by molar-refractivity contribution is 0.748. The molecule has 1 N–H and O–H groups in total. The Labute approximate surface area is 127 Å². The molecule has 0 fully saturated rings. The maximum absolute atomic E-state index is 6.11. The molecule has 2 aromatic carbocycles. The normalized spacial score (nSPS) is 12.2. The summed E-state index contributed by atoms with van der Waals surface area (Å²) in [4.78, 5) is 0. The van der Waals surface area contributed by atoms with Crippen molar-refractivity contribution in [3.8, 4) is 0 Å². The predicted octanol–water partition coefficient (Wildman–Crippen LogP) is 5.83. The summed E-state index contributed by atoms with van der Waals surface area (Å²) in [6.45, 7) is 8.53. The minimum Gasteiger partial charge on any atom is -0.378 e. The van der Waals surface area contributed by atoms with E-state index in [4.69, 9.17) is 11.6 Å². The number of hydrogen-bond acceptors (Lipinski definition) is 1. The third-order valence-electron chi connectivity index (χ3n) is 3.84. The van der Waals surface area contributed by atoms with Crippen molar-refractivity contribution >= 4 is 17.3 Å². The van der Waals surface area contributed by atoms with Gasteiger partial charge in [-0.05, 0) is 67.6 Å². The fourth-order valence-electron chi connectivity index (χ4n) is 2.34. The van der Waals surface area contributed by atoms with Crippen molar-refractivity contribution in [3.05, 3.63) is 63.7 Å². The van der Waals surface area contributed by atoms with Crippen LogP contribution in [0.2, 0.25) is 5.02 Å².